The van der Waals surface area contributed by atoms with Crippen molar-refractivity contribution in [3.05, 3.63) is 77.4 Å². The number of hydrogen-bond acceptors (Lipinski definition) is 8. The summed E-state index contributed by atoms with van der Waals surface area (Å²) in [5, 5.41) is 3.94. The monoisotopic (exact) mass is 520 g/mol. The second-order valence-electron chi connectivity index (χ2n) is 8.33. The van der Waals surface area contributed by atoms with Crippen LogP contribution in [0.15, 0.2) is 65.8 Å². The number of methoxy groups -OCH3 is 3. The normalized spacial score (nSPS) is 11.5. The Balaban J connectivity index is 1.51. The van der Waals surface area contributed by atoms with Crippen LogP contribution in [0.1, 0.15) is 47.7 Å². The van der Waals surface area contributed by atoms with Crippen molar-refractivity contribution in [3.8, 4) is 28.7 Å². The first-order chi connectivity index (χ1) is 18.4. The maximum Gasteiger partial charge on any atom is 0.343 e. The molecule has 9 heteroatoms. The number of amides is 1. The Hall–Kier alpha value is -4.53. The number of esters is 1. The molecule has 1 N–H and O–H groups in total. The van der Waals surface area contributed by atoms with Crippen LogP contribution in [0.2, 0.25) is 0 Å². The van der Waals surface area contributed by atoms with Crippen LogP contribution in [-0.4, -0.2) is 46.0 Å². The van der Waals surface area contributed by atoms with E-state index in [1.54, 1.807) is 24.3 Å². The summed E-state index contributed by atoms with van der Waals surface area (Å²) in [5.41, 5.74) is 4.59. The first-order valence-electron chi connectivity index (χ1n) is 12.0. The molecule has 0 aliphatic carbocycles. The quantitative estimate of drug-likeness (QED) is 0.156. The van der Waals surface area contributed by atoms with Gasteiger partial charge in [-0.1, -0.05) is 26.0 Å². The zero-order valence-electron chi connectivity index (χ0n) is 22.1. The number of nitrogens with zero attached hydrogens (tertiary/aromatic N) is 1. The summed E-state index contributed by atoms with van der Waals surface area (Å²) < 4.78 is 26.8. The fourth-order valence-electron chi connectivity index (χ4n) is 3.48. The van der Waals surface area contributed by atoms with Gasteiger partial charge in [0.25, 0.3) is 5.91 Å². The average Bonchev–Trinajstić information content (AvgIpc) is 2.95. The zero-order chi connectivity index (χ0) is 27.5. The third-order valence-electron chi connectivity index (χ3n) is 5.83. The molecule has 1 amide bonds. The van der Waals surface area contributed by atoms with E-state index in [1.165, 1.54) is 45.2 Å². The summed E-state index contributed by atoms with van der Waals surface area (Å²) in [7, 11) is 4.42. The van der Waals surface area contributed by atoms with Gasteiger partial charge in [0, 0.05) is 0 Å². The Labute approximate surface area is 222 Å². The number of nitrogens with one attached hydrogen (secondary N) is 1. The Bertz CT molecular complexity index is 1230. The lowest BCUT2D eigenvalue weighted by Crippen LogP contribution is -2.24. The number of rotatable bonds is 12. The van der Waals surface area contributed by atoms with Crippen LogP contribution in [0, 0.1) is 0 Å². The van der Waals surface area contributed by atoms with E-state index in [0.717, 1.165) is 6.42 Å². The molecule has 3 aromatic rings. The van der Waals surface area contributed by atoms with Crippen LogP contribution in [0.4, 0.5) is 0 Å². The minimum absolute atomic E-state index is 0.157. The predicted molar refractivity (Wildman–Crippen MR) is 144 cm³/mol. The number of carbonyl (C=O) groups is 2. The molecule has 0 saturated carbocycles. The SMILES string of the molecule is CCC(C)c1ccc(OCC(=O)N/N=C/c2ccc(OC(=O)c3cc(OC)c(OC)c(OC)c3)cc2)cc1. The van der Waals surface area contributed by atoms with E-state index in [4.69, 9.17) is 23.7 Å². The van der Waals surface area contributed by atoms with Crippen LogP contribution in [0.3, 0.4) is 0 Å². The summed E-state index contributed by atoms with van der Waals surface area (Å²) in [5.74, 6) is 1.52. The zero-order valence-corrected chi connectivity index (χ0v) is 22.1. The Kier molecular flexibility index (Phi) is 10.1. The van der Waals surface area contributed by atoms with Gasteiger partial charge in [-0.2, -0.15) is 5.10 Å². The fraction of sp³-hybridized carbons (Fsp3) is 0.276. The van der Waals surface area contributed by atoms with Gasteiger partial charge in [-0.3, -0.25) is 4.79 Å². The van der Waals surface area contributed by atoms with Gasteiger partial charge < -0.3 is 23.7 Å². The van der Waals surface area contributed by atoms with Crippen molar-refractivity contribution >= 4 is 18.1 Å². The van der Waals surface area contributed by atoms with E-state index in [-0.39, 0.29) is 18.1 Å². The minimum Gasteiger partial charge on any atom is -0.493 e. The van der Waals surface area contributed by atoms with Crippen LogP contribution in [0.25, 0.3) is 0 Å². The van der Waals surface area contributed by atoms with Gasteiger partial charge in [0.2, 0.25) is 5.75 Å². The molecule has 9 nitrogen and oxygen atoms in total. The summed E-state index contributed by atoms with van der Waals surface area (Å²) in [6, 6.07) is 17.4. The van der Waals surface area contributed by atoms with Crippen LogP contribution >= 0.6 is 0 Å². The number of hydrazone groups is 1. The van der Waals surface area contributed by atoms with E-state index in [1.807, 2.05) is 24.3 Å². The molecule has 200 valence electrons. The maximum atomic E-state index is 12.6. The molecule has 0 bridgehead atoms. The summed E-state index contributed by atoms with van der Waals surface area (Å²) in [6.45, 7) is 4.15. The van der Waals surface area contributed by atoms with Gasteiger partial charge in [0.1, 0.15) is 11.5 Å². The largest absolute Gasteiger partial charge is 0.493 e. The standard InChI is InChI=1S/C29H32N2O7/c1-6-19(2)21-9-13-23(14-10-21)37-18-27(32)31-30-17-20-7-11-24(12-8-20)38-29(33)22-15-25(34-3)28(36-5)26(16-22)35-4/h7-17,19H,6,18H2,1-5H3,(H,31,32)/b30-17+. The highest BCUT2D eigenvalue weighted by Gasteiger charge is 2.18. The maximum absolute atomic E-state index is 12.6. The number of benzene rings is 3. The lowest BCUT2D eigenvalue weighted by Gasteiger charge is -2.13. The average molecular weight is 521 g/mol. The number of carbonyl (C=O) groups excluding carboxylic acids is 2. The first kappa shape index (κ1) is 28.0. The highest BCUT2D eigenvalue weighted by atomic mass is 16.5. The minimum atomic E-state index is -0.590. The molecule has 0 saturated heterocycles. The molecule has 0 aromatic heterocycles. The molecule has 0 spiro atoms. The molecule has 1 unspecified atom stereocenters. The Morgan fingerprint density at radius 1 is 0.895 bits per heavy atom. The van der Waals surface area contributed by atoms with Gasteiger partial charge in [0.05, 0.1) is 33.1 Å². The molecule has 0 heterocycles. The summed E-state index contributed by atoms with van der Waals surface area (Å²) >= 11 is 0. The lowest BCUT2D eigenvalue weighted by atomic mass is 9.99. The number of ether oxygens (including phenoxy) is 5. The fourth-order valence-corrected chi connectivity index (χ4v) is 3.48. The topological polar surface area (TPSA) is 105 Å². The first-order valence-corrected chi connectivity index (χ1v) is 12.0. The summed E-state index contributed by atoms with van der Waals surface area (Å²) in [6.07, 6.45) is 2.53. The Morgan fingerprint density at radius 3 is 2.05 bits per heavy atom. The molecular weight excluding hydrogens is 488 g/mol. The molecule has 0 aliphatic heterocycles. The molecule has 38 heavy (non-hydrogen) atoms. The van der Waals surface area contributed by atoms with Crippen LogP contribution < -0.4 is 29.1 Å². The highest BCUT2D eigenvalue weighted by molar-refractivity contribution is 5.93. The highest BCUT2D eigenvalue weighted by Crippen LogP contribution is 2.38. The van der Waals surface area contributed by atoms with Gasteiger partial charge in [0.15, 0.2) is 18.1 Å². The van der Waals surface area contributed by atoms with E-state index >= 15 is 0 Å². The van der Waals surface area contributed by atoms with Gasteiger partial charge >= 0.3 is 5.97 Å². The van der Waals surface area contributed by atoms with Crippen molar-refractivity contribution in [1.82, 2.24) is 5.43 Å². The molecule has 1 atom stereocenters. The van der Waals surface area contributed by atoms with E-state index in [9.17, 15) is 9.59 Å². The molecular formula is C29H32N2O7. The molecule has 0 aliphatic rings. The van der Waals surface area contributed by atoms with Crippen molar-refractivity contribution in [2.24, 2.45) is 5.10 Å². The second kappa shape index (κ2) is 13.7. The molecule has 0 fully saturated rings. The van der Waals surface area contributed by atoms with E-state index in [2.05, 4.69) is 24.4 Å². The predicted octanol–water partition coefficient (Wildman–Crippen LogP) is 4.97. The smallest absolute Gasteiger partial charge is 0.343 e. The molecule has 0 radical (unpaired) electrons. The molecule has 3 aromatic carbocycles. The van der Waals surface area contributed by atoms with E-state index in [0.29, 0.717) is 40.2 Å². The van der Waals surface area contributed by atoms with Crippen molar-refractivity contribution < 1.29 is 33.3 Å². The van der Waals surface area contributed by atoms with Crippen molar-refractivity contribution in [3.63, 3.8) is 0 Å². The lowest BCUT2D eigenvalue weighted by molar-refractivity contribution is -0.123. The van der Waals surface area contributed by atoms with Gasteiger partial charge in [-0.15, -0.1) is 0 Å². The van der Waals surface area contributed by atoms with E-state index < -0.39 is 5.97 Å². The van der Waals surface area contributed by atoms with Crippen molar-refractivity contribution in [1.29, 1.82) is 0 Å². The van der Waals surface area contributed by atoms with Gasteiger partial charge in [-0.05, 0) is 72.0 Å². The third kappa shape index (κ3) is 7.49. The summed E-state index contributed by atoms with van der Waals surface area (Å²) in [4.78, 5) is 24.7. The van der Waals surface area contributed by atoms with Gasteiger partial charge in [-0.25, -0.2) is 10.2 Å². The van der Waals surface area contributed by atoms with Crippen LogP contribution in [0.5, 0.6) is 28.7 Å². The van der Waals surface area contributed by atoms with Crippen molar-refractivity contribution in [2.45, 2.75) is 26.2 Å². The van der Waals surface area contributed by atoms with Crippen LogP contribution in [-0.2, 0) is 4.79 Å². The molecule has 3 rings (SSSR count). The number of hydrogen-bond donors (Lipinski definition) is 1. The third-order valence-corrected chi connectivity index (χ3v) is 5.83. The Morgan fingerprint density at radius 2 is 1.50 bits per heavy atom. The second-order valence-corrected chi connectivity index (χ2v) is 8.33. The van der Waals surface area contributed by atoms with Crippen molar-refractivity contribution in [2.75, 3.05) is 27.9 Å².